The molecule has 1 N–H and O–H groups in total. The second-order valence-electron chi connectivity index (χ2n) is 5.84. The third kappa shape index (κ3) is 3.83. The fourth-order valence-electron chi connectivity index (χ4n) is 2.78. The second-order valence-corrected chi connectivity index (χ2v) is 8.54. The monoisotopic (exact) mass is 417 g/mol. The number of amides is 1. The predicted octanol–water partition coefficient (Wildman–Crippen LogP) is 3.10. The van der Waals surface area contributed by atoms with Crippen LogP contribution in [-0.2, 0) is 23.0 Å². The van der Waals surface area contributed by atoms with Crippen molar-refractivity contribution in [2.24, 2.45) is 0 Å². The summed E-state index contributed by atoms with van der Waals surface area (Å²) >= 11 is 11.4. The van der Waals surface area contributed by atoms with Gasteiger partial charge in [-0.3, -0.25) is 4.79 Å². The van der Waals surface area contributed by atoms with Crippen LogP contribution in [0.15, 0.2) is 24.3 Å². The minimum absolute atomic E-state index is 0.139. The molecule has 26 heavy (non-hydrogen) atoms. The Labute approximate surface area is 160 Å². The Kier molecular flexibility index (Phi) is 5.21. The average molecular weight is 418 g/mol. The van der Waals surface area contributed by atoms with Crippen LogP contribution in [0.4, 0.5) is 10.1 Å². The van der Waals surface area contributed by atoms with Crippen LogP contribution >= 0.6 is 23.2 Å². The van der Waals surface area contributed by atoms with Gasteiger partial charge in [0.15, 0.2) is 11.0 Å². The molecule has 1 amide bonds. The van der Waals surface area contributed by atoms with Crippen molar-refractivity contribution in [2.45, 2.75) is 13.0 Å². The van der Waals surface area contributed by atoms with Gasteiger partial charge in [0.1, 0.15) is 5.15 Å². The van der Waals surface area contributed by atoms with E-state index in [1.165, 1.54) is 4.31 Å². The number of halogens is 3. The first-order chi connectivity index (χ1) is 12.2. The number of sulfonamides is 1. The molecule has 138 valence electrons. The number of aromatic nitrogens is 1. The number of carbonyl (C=O) groups is 1. The molecule has 0 radical (unpaired) electrons. The van der Waals surface area contributed by atoms with E-state index in [4.69, 9.17) is 23.2 Å². The van der Waals surface area contributed by atoms with Gasteiger partial charge in [0.25, 0.3) is 5.91 Å². The Morgan fingerprint density at radius 2 is 2.04 bits per heavy atom. The van der Waals surface area contributed by atoms with E-state index in [9.17, 15) is 17.6 Å². The second kappa shape index (κ2) is 7.11. The van der Waals surface area contributed by atoms with E-state index < -0.39 is 26.9 Å². The molecule has 0 spiro atoms. The SMILES string of the molecule is CS(=O)(=O)N1CCc2c(cccc2NC(=O)c2cc(F)c(Cl)nc2Cl)C1. The van der Waals surface area contributed by atoms with Gasteiger partial charge in [-0.05, 0) is 29.7 Å². The molecular weight excluding hydrogens is 404 g/mol. The highest BCUT2D eigenvalue weighted by atomic mass is 35.5. The van der Waals surface area contributed by atoms with Crippen molar-refractivity contribution >= 4 is 44.8 Å². The summed E-state index contributed by atoms with van der Waals surface area (Å²) in [5, 5.41) is 2.07. The van der Waals surface area contributed by atoms with Gasteiger partial charge in [-0.1, -0.05) is 35.3 Å². The summed E-state index contributed by atoms with van der Waals surface area (Å²) < 4.78 is 38.4. The van der Waals surface area contributed by atoms with Gasteiger partial charge in [0, 0.05) is 18.8 Å². The molecule has 1 aliphatic heterocycles. The lowest BCUT2D eigenvalue weighted by atomic mass is 9.99. The van der Waals surface area contributed by atoms with Crippen LogP contribution in [0.25, 0.3) is 0 Å². The standard InChI is InChI=1S/C16H14Cl2FN3O3S/c1-26(24,25)22-6-5-10-9(8-22)3-2-4-13(10)20-16(23)11-7-12(19)15(18)21-14(11)17/h2-4,7H,5-6,8H2,1H3,(H,20,23). The van der Waals surface area contributed by atoms with E-state index in [2.05, 4.69) is 10.3 Å². The van der Waals surface area contributed by atoms with Crippen LogP contribution in [0, 0.1) is 5.82 Å². The number of nitrogens with zero attached hydrogens (tertiary/aromatic N) is 2. The third-order valence-corrected chi connectivity index (χ3v) is 5.88. The van der Waals surface area contributed by atoms with Gasteiger partial charge in [0.05, 0.1) is 11.8 Å². The Bertz CT molecular complexity index is 998. The first-order valence-electron chi connectivity index (χ1n) is 7.55. The quantitative estimate of drug-likeness (QED) is 0.778. The normalized spacial score (nSPS) is 14.8. The zero-order valence-electron chi connectivity index (χ0n) is 13.6. The van der Waals surface area contributed by atoms with E-state index in [1.807, 2.05) is 0 Å². The maximum Gasteiger partial charge on any atom is 0.258 e. The molecule has 10 heteroatoms. The number of anilines is 1. The molecule has 1 aromatic carbocycles. The zero-order chi connectivity index (χ0) is 19.1. The summed E-state index contributed by atoms with van der Waals surface area (Å²) in [7, 11) is -3.30. The van der Waals surface area contributed by atoms with Crippen LogP contribution in [0.5, 0.6) is 0 Å². The van der Waals surface area contributed by atoms with Crippen molar-refractivity contribution in [3.8, 4) is 0 Å². The number of carbonyl (C=O) groups excluding carboxylic acids is 1. The Morgan fingerprint density at radius 1 is 1.31 bits per heavy atom. The molecule has 1 aliphatic rings. The van der Waals surface area contributed by atoms with Crippen LogP contribution in [0.3, 0.4) is 0 Å². The molecule has 0 bridgehead atoms. The lowest BCUT2D eigenvalue weighted by molar-refractivity contribution is 0.102. The topological polar surface area (TPSA) is 79.4 Å². The number of hydrogen-bond donors (Lipinski definition) is 1. The number of rotatable bonds is 3. The van der Waals surface area contributed by atoms with Gasteiger partial charge < -0.3 is 5.32 Å². The lowest BCUT2D eigenvalue weighted by Crippen LogP contribution is -2.35. The highest BCUT2D eigenvalue weighted by molar-refractivity contribution is 7.88. The Hall–Kier alpha value is -1.74. The van der Waals surface area contributed by atoms with Gasteiger partial charge >= 0.3 is 0 Å². The van der Waals surface area contributed by atoms with Crippen LogP contribution in [-0.4, -0.2) is 36.4 Å². The molecule has 2 aromatic rings. The molecular formula is C16H14Cl2FN3O3S. The zero-order valence-corrected chi connectivity index (χ0v) is 15.9. The number of pyridine rings is 1. The summed E-state index contributed by atoms with van der Waals surface area (Å²) in [5.74, 6) is -1.47. The number of nitrogens with one attached hydrogen (secondary N) is 1. The van der Waals surface area contributed by atoms with E-state index in [-0.39, 0.29) is 17.3 Å². The maximum absolute atomic E-state index is 13.6. The van der Waals surface area contributed by atoms with Gasteiger partial charge in [-0.15, -0.1) is 0 Å². The Balaban J connectivity index is 1.89. The van der Waals surface area contributed by atoms with Crippen molar-refractivity contribution in [3.63, 3.8) is 0 Å². The molecule has 0 aliphatic carbocycles. The van der Waals surface area contributed by atoms with E-state index in [1.54, 1.807) is 18.2 Å². The smallest absolute Gasteiger partial charge is 0.258 e. The van der Waals surface area contributed by atoms with Crippen LogP contribution < -0.4 is 5.32 Å². The Morgan fingerprint density at radius 3 is 2.73 bits per heavy atom. The highest BCUT2D eigenvalue weighted by Crippen LogP contribution is 2.28. The summed E-state index contributed by atoms with van der Waals surface area (Å²) in [5.41, 5.74) is 2.01. The predicted molar refractivity (Wildman–Crippen MR) is 97.6 cm³/mol. The van der Waals surface area contributed by atoms with Crippen molar-refractivity contribution in [2.75, 3.05) is 18.1 Å². The van der Waals surface area contributed by atoms with Crippen molar-refractivity contribution in [1.29, 1.82) is 0 Å². The summed E-state index contributed by atoms with van der Waals surface area (Å²) in [6.45, 7) is 0.548. The molecule has 0 unspecified atom stereocenters. The van der Waals surface area contributed by atoms with Crippen molar-refractivity contribution in [3.05, 3.63) is 57.1 Å². The van der Waals surface area contributed by atoms with Crippen LogP contribution in [0.2, 0.25) is 10.3 Å². The molecule has 0 fully saturated rings. The summed E-state index contributed by atoms with van der Waals surface area (Å²) in [6.07, 6.45) is 1.60. The number of hydrogen-bond acceptors (Lipinski definition) is 4. The van der Waals surface area contributed by atoms with Crippen molar-refractivity contribution in [1.82, 2.24) is 9.29 Å². The molecule has 0 atom stereocenters. The van der Waals surface area contributed by atoms with Crippen LogP contribution in [0.1, 0.15) is 21.5 Å². The molecule has 3 rings (SSSR count). The average Bonchev–Trinajstić information content (AvgIpc) is 2.57. The van der Waals surface area contributed by atoms with E-state index in [0.29, 0.717) is 18.7 Å². The summed E-state index contributed by atoms with van der Waals surface area (Å²) in [4.78, 5) is 16.0. The maximum atomic E-state index is 13.6. The molecule has 0 saturated carbocycles. The fraction of sp³-hybridized carbons (Fsp3) is 0.250. The summed E-state index contributed by atoms with van der Waals surface area (Å²) in [6, 6.07) is 6.13. The fourth-order valence-corrected chi connectivity index (χ4v) is 3.98. The molecule has 1 aromatic heterocycles. The van der Waals surface area contributed by atoms with Gasteiger partial charge in [-0.25, -0.2) is 17.8 Å². The number of benzene rings is 1. The molecule has 0 saturated heterocycles. The largest absolute Gasteiger partial charge is 0.322 e. The minimum Gasteiger partial charge on any atom is -0.322 e. The molecule has 6 nitrogen and oxygen atoms in total. The highest BCUT2D eigenvalue weighted by Gasteiger charge is 2.25. The first-order valence-corrected chi connectivity index (χ1v) is 10.2. The van der Waals surface area contributed by atoms with E-state index >= 15 is 0 Å². The van der Waals surface area contributed by atoms with E-state index in [0.717, 1.165) is 23.4 Å². The van der Waals surface area contributed by atoms with Gasteiger partial charge in [-0.2, -0.15) is 4.31 Å². The third-order valence-electron chi connectivity index (χ3n) is 4.08. The minimum atomic E-state index is -3.30. The lowest BCUT2D eigenvalue weighted by Gasteiger charge is -2.28. The van der Waals surface area contributed by atoms with Crippen molar-refractivity contribution < 1.29 is 17.6 Å². The first kappa shape index (κ1) is 19.0. The number of fused-ring (bicyclic) bond motifs is 1. The molecule has 2 heterocycles. The van der Waals surface area contributed by atoms with Gasteiger partial charge in [0.2, 0.25) is 10.0 Å².